The van der Waals surface area contributed by atoms with Gasteiger partial charge in [-0.3, -0.25) is 9.78 Å². The van der Waals surface area contributed by atoms with Gasteiger partial charge in [-0.1, -0.05) is 13.8 Å². The summed E-state index contributed by atoms with van der Waals surface area (Å²) in [7, 11) is -3.48. The summed E-state index contributed by atoms with van der Waals surface area (Å²) in [6, 6.07) is 3.22. The SMILES string of the molecule is CC(C)CN1CC2(CCN(S(=O)(=O)c3cccnc3)CC2)CC1=O. The maximum atomic E-state index is 12.7. The second-order valence-electron chi connectivity index (χ2n) is 7.44. The second-order valence-corrected chi connectivity index (χ2v) is 9.38. The van der Waals surface area contributed by atoms with Crippen LogP contribution in [0.5, 0.6) is 0 Å². The summed E-state index contributed by atoms with van der Waals surface area (Å²) in [5.74, 6) is 0.669. The normalized spacial score (nSPS) is 21.8. The third-order valence-corrected chi connectivity index (χ3v) is 6.93. The zero-order valence-corrected chi connectivity index (χ0v) is 15.1. The van der Waals surface area contributed by atoms with Crippen LogP contribution < -0.4 is 0 Å². The van der Waals surface area contributed by atoms with Crippen molar-refractivity contribution < 1.29 is 13.2 Å². The van der Waals surface area contributed by atoms with Crippen molar-refractivity contribution in [1.82, 2.24) is 14.2 Å². The lowest BCUT2D eigenvalue weighted by molar-refractivity contribution is -0.128. The minimum atomic E-state index is -3.48. The predicted molar refractivity (Wildman–Crippen MR) is 90.7 cm³/mol. The third-order valence-electron chi connectivity index (χ3n) is 5.05. The molecular formula is C17H25N3O3S. The van der Waals surface area contributed by atoms with E-state index in [9.17, 15) is 13.2 Å². The molecule has 1 aromatic rings. The summed E-state index contributed by atoms with van der Waals surface area (Å²) in [6.45, 7) is 6.73. The maximum absolute atomic E-state index is 12.7. The van der Waals surface area contributed by atoms with Crippen LogP contribution in [0.2, 0.25) is 0 Å². The van der Waals surface area contributed by atoms with Crippen LogP contribution in [0.4, 0.5) is 0 Å². The van der Waals surface area contributed by atoms with E-state index in [-0.39, 0.29) is 16.2 Å². The van der Waals surface area contributed by atoms with E-state index in [4.69, 9.17) is 0 Å². The number of sulfonamides is 1. The average Bonchev–Trinajstić information content (AvgIpc) is 2.83. The molecule has 0 bridgehead atoms. The molecule has 6 nitrogen and oxygen atoms in total. The highest BCUT2D eigenvalue weighted by molar-refractivity contribution is 7.89. The number of rotatable bonds is 4. The molecule has 132 valence electrons. The van der Waals surface area contributed by atoms with Gasteiger partial charge in [0, 0.05) is 45.0 Å². The van der Waals surface area contributed by atoms with E-state index >= 15 is 0 Å². The highest BCUT2D eigenvalue weighted by atomic mass is 32.2. The summed E-state index contributed by atoms with van der Waals surface area (Å²) in [5.41, 5.74) is -0.0487. The second kappa shape index (κ2) is 6.44. The van der Waals surface area contributed by atoms with Crippen molar-refractivity contribution in [3.8, 4) is 0 Å². The van der Waals surface area contributed by atoms with E-state index in [1.807, 2.05) is 4.90 Å². The smallest absolute Gasteiger partial charge is 0.244 e. The molecule has 0 N–H and O–H groups in total. The Bertz CT molecular complexity index is 695. The van der Waals surface area contributed by atoms with E-state index < -0.39 is 10.0 Å². The van der Waals surface area contributed by atoms with Gasteiger partial charge < -0.3 is 4.90 Å². The Hall–Kier alpha value is -1.47. The Morgan fingerprint density at radius 1 is 1.29 bits per heavy atom. The highest BCUT2D eigenvalue weighted by Crippen LogP contribution is 2.42. The van der Waals surface area contributed by atoms with Gasteiger partial charge in [0.05, 0.1) is 0 Å². The summed E-state index contributed by atoms with van der Waals surface area (Å²) in [4.78, 5) is 18.4. The van der Waals surface area contributed by atoms with Gasteiger partial charge in [0.1, 0.15) is 4.90 Å². The van der Waals surface area contributed by atoms with Crippen molar-refractivity contribution in [3.63, 3.8) is 0 Å². The highest BCUT2D eigenvalue weighted by Gasteiger charge is 2.46. The van der Waals surface area contributed by atoms with Crippen LogP contribution in [-0.4, -0.2) is 54.7 Å². The standard InChI is InChI=1S/C17H25N3O3S/c1-14(2)12-19-13-17(10-16(19)21)5-8-20(9-6-17)24(22,23)15-4-3-7-18-11-15/h3-4,7,11,14H,5-6,8-10,12-13H2,1-2H3. The number of carbonyl (C=O) groups excluding carboxylic acids is 1. The van der Waals surface area contributed by atoms with Gasteiger partial charge in [-0.05, 0) is 36.3 Å². The molecule has 2 saturated heterocycles. The Morgan fingerprint density at radius 2 is 2.00 bits per heavy atom. The first-order valence-electron chi connectivity index (χ1n) is 8.50. The van der Waals surface area contributed by atoms with Crippen LogP contribution in [0.1, 0.15) is 33.1 Å². The van der Waals surface area contributed by atoms with E-state index in [1.54, 1.807) is 18.3 Å². The Balaban J connectivity index is 1.67. The summed E-state index contributed by atoms with van der Waals surface area (Å²) >= 11 is 0. The quantitative estimate of drug-likeness (QED) is 0.828. The first-order valence-corrected chi connectivity index (χ1v) is 9.94. The molecule has 0 atom stereocenters. The first kappa shape index (κ1) is 17.4. The number of hydrogen-bond donors (Lipinski definition) is 0. The Morgan fingerprint density at radius 3 is 2.58 bits per heavy atom. The van der Waals surface area contributed by atoms with Crippen LogP contribution >= 0.6 is 0 Å². The number of carbonyl (C=O) groups is 1. The van der Waals surface area contributed by atoms with Gasteiger partial charge in [0.25, 0.3) is 0 Å². The lowest BCUT2D eigenvalue weighted by Crippen LogP contribution is -2.44. The summed E-state index contributed by atoms with van der Waals surface area (Å²) in [6.07, 6.45) is 5.00. The van der Waals surface area contributed by atoms with Crippen LogP contribution in [0.25, 0.3) is 0 Å². The van der Waals surface area contributed by atoms with Crippen LogP contribution in [-0.2, 0) is 14.8 Å². The number of aromatic nitrogens is 1. The van der Waals surface area contributed by atoms with Gasteiger partial charge >= 0.3 is 0 Å². The molecule has 0 unspecified atom stereocenters. The van der Waals surface area contributed by atoms with E-state index in [1.165, 1.54) is 10.5 Å². The van der Waals surface area contributed by atoms with Gasteiger partial charge in [0.2, 0.25) is 15.9 Å². The summed E-state index contributed by atoms with van der Waals surface area (Å²) in [5, 5.41) is 0. The molecule has 3 rings (SSSR count). The predicted octanol–water partition coefficient (Wildman–Crippen LogP) is 1.74. The molecule has 0 aromatic carbocycles. The summed E-state index contributed by atoms with van der Waals surface area (Å²) < 4.78 is 26.9. The number of amides is 1. The molecule has 1 spiro atoms. The molecule has 1 amide bonds. The number of hydrogen-bond acceptors (Lipinski definition) is 4. The molecule has 0 radical (unpaired) electrons. The minimum absolute atomic E-state index is 0.0487. The number of pyridine rings is 1. The van der Waals surface area contributed by atoms with Crippen LogP contribution in [0, 0.1) is 11.3 Å². The van der Waals surface area contributed by atoms with Crippen molar-refractivity contribution in [1.29, 1.82) is 0 Å². The monoisotopic (exact) mass is 351 g/mol. The molecular weight excluding hydrogens is 326 g/mol. The molecule has 2 aliphatic rings. The fourth-order valence-corrected chi connectivity index (χ4v) is 5.18. The molecule has 1 aromatic heterocycles. The third kappa shape index (κ3) is 3.32. The van der Waals surface area contributed by atoms with E-state index in [0.29, 0.717) is 25.4 Å². The minimum Gasteiger partial charge on any atom is -0.342 e. The number of nitrogens with zero attached hydrogens (tertiary/aromatic N) is 3. The molecule has 2 aliphatic heterocycles. The van der Waals surface area contributed by atoms with E-state index in [2.05, 4.69) is 18.8 Å². The molecule has 24 heavy (non-hydrogen) atoms. The fraction of sp³-hybridized carbons (Fsp3) is 0.647. The number of piperidine rings is 1. The Labute approximate surface area is 143 Å². The van der Waals surface area contributed by atoms with Gasteiger partial charge in [-0.25, -0.2) is 8.42 Å². The largest absolute Gasteiger partial charge is 0.342 e. The lowest BCUT2D eigenvalue weighted by atomic mass is 9.78. The van der Waals surface area contributed by atoms with E-state index in [0.717, 1.165) is 25.9 Å². The maximum Gasteiger partial charge on any atom is 0.244 e. The zero-order chi connectivity index (χ0) is 17.4. The lowest BCUT2D eigenvalue weighted by Gasteiger charge is -2.38. The topological polar surface area (TPSA) is 70.6 Å². The molecule has 0 aliphatic carbocycles. The first-order chi connectivity index (χ1) is 11.3. The fourth-order valence-electron chi connectivity index (χ4n) is 3.77. The van der Waals surface area contributed by atoms with Crippen LogP contribution in [0.3, 0.4) is 0 Å². The molecule has 3 heterocycles. The molecule has 7 heteroatoms. The van der Waals surface area contributed by atoms with Crippen molar-refractivity contribution in [2.75, 3.05) is 26.2 Å². The zero-order valence-electron chi connectivity index (χ0n) is 14.3. The van der Waals surface area contributed by atoms with Crippen molar-refractivity contribution in [3.05, 3.63) is 24.5 Å². The van der Waals surface area contributed by atoms with Gasteiger partial charge in [0.15, 0.2) is 0 Å². The van der Waals surface area contributed by atoms with Crippen molar-refractivity contribution in [2.45, 2.75) is 38.0 Å². The van der Waals surface area contributed by atoms with Gasteiger partial charge in [-0.2, -0.15) is 4.31 Å². The van der Waals surface area contributed by atoms with Gasteiger partial charge in [-0.15, -0.1) is 0 Å². The van der Waals surface area contributed by atoms with Crippen molar-refractivity contribution >= 4 is 15.9 Å². The molecule has 0 saturated carbocycles. The van der Waals surface area contributed by atoms with Crippen molar-refractivity contribution in [2.24, 2.45) is 11.3 Å². The number of likely N-dealkylation sites (tertiary alicyclic amines) is 1. The average molecular weight is 351 g/mol. The molecule has 2 fully saturated rings. The van der Waals surface area contributed by atoms with Crippen LogP contribution in [0.15, 0.2) is 29.4 Å². The Kier molecular flexibility index (Phi) is 4.66.